The van der Waals surface area contributed by atoms with Gasteiger partial charge in [-0.25, -0.2) is 0 Å². The molecule has 5 nitrogen and oxygen atoms in total. The third-order valence-corrected chi connectivity index (χ3v) is 3.37. The predicted molar refractivity (Wildman–Crippen MR) is 85.2 cm³/mol. The first kappa shape index (κ1) is 17.1. The van der Waals surface area contributed by atoms with Crippen molar-refractivity contribution in [1.29, 1.82) is 0 Å². The van der Waals surface area contributed by atoms with Gasteiger partial charge in [-0.3, -0.25) is 0 Å². The van der Waals surface area contributed by atoms with Gasteiger partial charge in [0, 0.05) is 10.6 Å². The number of aromatic nitrogens is 2. The van der Waals surface area contributed by atoms with E-state index in [0.29, 0.717) is 16.4 Å². The van der Waals surface area contributed by atoms with Crippen LogP contribution in [0.2, 0.25) is 5.02 Å². The van der Waals surface area contributed by atoms with Crippen LogP contribution >= 0.6 is 11.6 Å². The highest BCUT2D eigenvalue weighted by Crippen LogP contribution is 2.30. The molecule has 3 aromatic rings. The summed E-state index contributed by atoms with van der Waals surface area (Å²) < 4.78 is 46.3. The van der Waals surface area contributed by atoms with E-state index in [0.717, 1.165) is 0 Å². The zero-order valence-electron chi connectivity index (χ0n) is 12.5. The molecule has 0 unspecified atom stereocenters. The lowest BCUT2D eigenvalue weighted by atomic mass is 10.2. The third-order valence-electron chi connectivity index (χ3n) is 3.11. The van der Waals surface area contributed by atoms with Gasteiger partial charge in [-0.2, -0.15) is 4.98 Å². The second-order valence-corrected chi connectivity index (χ2v) is 5.35. The van der Waals surface area contributed by atoms with Crippen molar-refractivity contribution in [1.82, 2.24) is 10.1 Å². The number of rotatable bonds is 5. The Morgan fingerprint density at radius 2 is 1.80 bits per heavy atom. The standard InChI is InChI=1S/C16H11ClF3N3O2/c17-11-7-5-10(6-8-11)15-22-14(25-23-15)9-21-12-3-1-2-4-13(12)24-16(18,19)20/h1-8,21H,9H2. The predicted octanol–water partition coefficient (Wildman–Crippen LogP) is 4.90. The minimum absolute atomic E-state index is 0.0405. The largest absolute Gasteiger partial charge is 0.573 e. The highest BCUT2D eigenvalue weighted by atomic mass is 35.5. The number of anilines is 1. The minimum Gasteiger partial charge on any atom is -0.404 e. The molecule has 0 amide bonds. The van der Waals surface area contributed by atoms with Crippen LogP contribution in [-0.4, -0.2) is 16.5 Å². The quantitative estimate of drug-likeness (QED) is 0.693. The van der Waals surface area contributed by atoms with Crippen LogP contribution in [0.5, 0.6) is 5.75 Å². The van der Waals surface area contributed by atoms with E-state index in [4.69, 9.17) is 16.1 Å². The second-order valence-electron chi connectivity index (χ2n) is 4.92. The van der Waals surface area contributed by atoms with Gasteiger partial charge in [0.1, 0.15) is 0 Å². The molecule has 0 radical (unpaired) electrons. The van der Waals surface area contributed by atoms with Crippen molar-refractivity contribution < 1.29 is 22.4 Å². The Hall–Kier alpha value is -2.74. The Morgan fingerprint density at radius 1 is 1.08 bits per heavy atom. The monoisotopic (exact) mass is 369 g/mol. The molecule has 0 aliphatic carbocycles. The van der Waals surface area contributed by atoms with Gasteiger partial charge in [0.05, 0.1) is 12.2 Å². The number of nitrogens with zero attached hydrogens (tertiary/aromatic N) is 2. The third kappa shape index (κ3) is 4.63. The van der Waals surface area contributed by atoms with Crippen LogP contribution in [0.25, 0.3) is 11.4 Å². The minimum atomic E-state index is -4.77. The molecule has 130 valence electrons. The van der Waals surface area contributed by atoms with Gasteiger partial charge < -0.3 is 14.6 Å². The maximum absolute atomic E-state index is 12.4. The van der Waals surface area contributed by atoms with Crippen LogP contribution in [0, 0.1) is 0 Å². The van der Waals surface area contributed by atoms with Gasteiger partial charge in [-0.05, 0) is 36.4 Å². The van der Waals surface area contributed by atoms with Crippen LogP contribution in [0.4, 0.5) is 18.9 Å². The Bertz CT molecular complexity index is 850. The van der Waals surface area contributed by atoms with E-state index in [1.54, 1.807) is 30.3 Å². The molecule has 1 heterocycles. The summed E-state index contributed by atoms with van der Waals surface area (Å²) in [4.78, 5) is 4.18. The fraction of sp³-hybridized carbons (Fsp3) is 0.125. The lowest BCUT2D eigenvalue weighted by Gasteiger charge is -2.13. The fourth-order valence-corrected chi connectivity index (χ4v) is 2.17. The first-order chi connectivity index (χ1) is 11.9. The van der Waals surface area contributed by atoms with Crippen molar-refractivity contribution in [2.75, 3.05) is 5.32 Å². The molecule has 25 heavy (non-hydrogen) atoms. The fourth-order valence-electron chi connectivity index (χ4n) is 2.04. The smallest absolute Gasteiger partial charge is 0.404 e. The van der Waals surface area contributed by atoms with Crippen molar-refractivity contribution in [3.8, 4) is 17.1 Å². The molecule has 1 aromatic heterocycles. The molecule has 0 spiro atoms. The lowest BCUT2D eigenvalue weighted by molar-refractivity contribution is -0.274. The maximum atomic E-state index is 12.4. The molecular weight excluding hydrogens is 359 g/mol. The Balaban J connectivity index is 1.70. The van der Waals surface area contributed by atoms with E-state index in [1.165, 1.54) is 18.2 Å². The number of benzene rings is 2. The van der Waals surface area contributed by atoms with Crippen molar-refractivity contribution >= 4 is 17.3 Å². The van der Waals surface area contributed by atoms with Gasteiger partial charge >= 0.3 is 6.36 Å². The van der Waals surface area contributed by atoms with Crippen LogP contribution in [0.3, 0.4) is 0 Å². The number of nitrogens with one attached hydrogen (secondary N) is 1. The number of hydrogen-bond donors (Lipinski definition) is 1. The van der Waals surface area contributed by atoms with Gasteiger partial charge in [0.2, 0.25) is 11.7 Å². The molecule has 9 heteroatoms. The van der Waals surface area contributed by atoms with Crippen LogP contribution in [-0.2, 0) is 6.54 Å². The van der Waals surface area contributed by atoms with Gasteiger partial charge in [0.25, 0.3) is 0 Å². The van der Waals surface area contributed by atoms with Crippen LogP contribution < -0.4 is 10.1 Å². The summed E-state index contributed by atoms with van der Waals surface area (Å²) in [7, 11) is 0. The molecule has 0 aliphatic rings. The summed E-state index contributed by atoms with van der Waals surface area (Å²) in [5.41, 5.74) is 0.867. The molecule has 0 saturated heterocycles. The van der Waals surface area contributed by atoms with E-state index >= 15 is 0 Å². The second kappa shape index (κ2) is 7.02. The van der Waals surface area contributed by atoms with E-state index in [1.807, 2.05) is 0 Å². The first-order valence-electron chi connectivity index (χ1n) is 7.08. The van der Waals surface area contributed by atoms with Gasteiger partial charge in [-0.1, -0.05) is 28.9 Å². The van der Waals surface area contributed by atoms with Crippen molar-refractivity contribution in [2.45, 2.75) is 12.9 Å². The molecule has 0 saturated carbocycles. The molecule has 2 aromatic carbocycles. The zero-order valence-corrected chi connectivity index (χ0v) is 13.3. The Labute approximate surface area is 145 Å². The Kier molecular flexibility index (Phi) is 4.80. The molecule has 0 bridgehead atoms. The van der Waals surface area contributed by atoms with E-state index in [-0.39, 0.29) is 23.9 Å². The van der Waals surface area contributed by atoms with E-state index < -0.39 is 6.36 Å². The average molecular weight is 370 g/mol. The van der Waals surface area contributed by atoms with E-state index in [9.17, 15) is 13.2 Å². The number of halogens is 4. The van der Waals surface area contributed by atoms with Gasteiger partial charge in [0.15, 0.2) is 5.75 Å². The summed E-state index contributed by atoms with van der Waals surface area (Å²) in [6.07, 6.45) is -4.77. The van der Waals surface area contributed by atoms with Crippen molar-refractivity contribution in [2.24, 2.45) is 0 Å². The number of para-hydroxylation sites is 2. The van der Waals surface area contributed by atoms with Crippen LogP contribution in [0.15, 0.2) is 53.1 Å². The summed E-state index contributed by atoms with van der Waals surface area (Å²) in [5.74, 6) is 0.229. The first-order valence-corrected chi connectivity index (χ1v) is 7.46. The molecule has 1 N–H and O–H groups in total. The molecule has 3 rings (SSSR count). The topological polar surface area (TPSA) is 60.2 Å². The summed E-state index contributed by atoms with van der Waals surface area (Å²) in [6, 6.07) is 12.5. The highest BCUT2D eigenvalue weighted by molar-refractivity contribution is 6.30. The molecule has 0 fully saturated rings. The molecule has 0 aliphatic heterocycles. The van der Waals surface area contributed by atoms with Gasteiger partial charge in [-0.15, -0.1) is 13.2 Å². The normalized spacial score (nSPS) is 11.4. The highest BCUT2D eigenvalue weighted by Gasteiger charge is 2.32. The maximum Gasteiger partial charge on any atom is 0.573 e. The van der Waals surface area contributed by atoms with Crippen LogP contribution in [0.1, 0.15) is 5.89 Å². The van der Waals surface area contributed by atoms with Crippen molar-refractivity contribution in [3.05, 3.63) is 59.4 Å². The SMILES string of the molecule is FC(F)(F)Oc1ccccc1NCc1nc(-c2ccc(Cl)cc2)no1. The number of alkyl halides is 3. The molecular formula is C16H11ClF3N3O2. The molecule has 0 atom stereocenters. The summed E-state index contributed by atoms with van der Waals surface area (Å²) in [5, 5.41) is 7.19. The number of ether oxygens (including phenoxy) is 1. The number of hydrogen-bond acceptors (Lipinski definition) is 5. The average Bonchev–Trinajstić information content (AvgIpc) is 3.02. The summed E-state index contributed by atoms with van der Waals surface area (Å²) >= 11 is 5.82. The summed E-state index contributed by atoms with van der Waals surface area (Å²) in [6.45, 7) is 0.0405. The Morgan fingerprint density at radius 3 is 2.52 bits per heavy atom. The lowest BCUT2D eigenvalue weighted by Crippen LogP contribution is -2.18. The van der Waals surface area contributed by atoms with Crippen molar-refractivity contribution in [3.63, 3.8) is 0 Å². The zero-order chi connectivity index (χ0) is 17.9. The van der Waals surface area contributed by atoms with E-state index in [2.05, 4.69) is 20.2 Å².